The van der Waals surface area contributed by atoms with Gasteiger partial charge in [-0.05, 0) is 70.9 Å². The van der Waals surface area contributed by atoms with Crippen molar-refractivity contribution in [3.05, 3.63) is 68.0 Å². The van der Waals surface area contributed by atoms with E-state index in [1.165, 1.54) is 6.07 Å². The van der Waals surface area contributed by atoms with E-state index in [2.05, 4.69) is 34.8 Å². The average molecular weight is 404 g/mol. The van der Waals surface area contributed by atoms with Crippen molar-refractivity contribution in [3.8, 4) is 0 Å². The number of rotatable bonds is 5. The van der Waals surface area contributed by atoms with Crippen LogP contribution in [0.3, 0.4) is 0 Å². The molecule has 106 valence electrons. The fourth-order valence-electron chi connectivity index (χ4n) is 2.09. The lowest BCUT2D eigenvalue weighted by Gasteiger charge is -2.21. The fraction of sp³-hybridized carbons (Fsp3) is 0.250. The van der Waals surface area contributed by atoms with E-state index in [-0.39, 0.29) is 11.9 Å². The molecule has 0 aliphatic heterocycles. The van der Waals surface area contributed by atoms with Gasteiger partial charge in [-0.2, -0.15) is 0 Å². The third-order valence-electron chi connectivity index (χ3n) is 3.08. The molecule has 4 heteroatoms. The molecule has 0 aliphatic carbocycles. The van der Waals surface area contributed by atoms with Crippen LogP contribution in [0.5, 0.6) is 0 Å². The lowest BCUT2D eigenvalue weighted by atomic mass is 9.98. The van der Waals surface area contributed by atoms with Gasteiger partial charge in [0.05, 0.1) is 6.04 Å². The van der Waals surface area contributed by atoms with E-state index in [0.717, 1.165) is 32.7 Å². The zero-order valence-corrected chi connectivity index (χ0v) is 14.1. The Morgan fingerprint density at radius 1 is 1.20 bits per heavy atom. The van der Waals surface area contributed by atoms with Crippen LogP contribution in [-0.4, -0.2) is 6.54 Å². The Kier molecular flexibility index (Phi) is 5.81. The van der Waals surface area contributed by atoms with Gasteiger partial charge < -0.3 is 5.32 Å². The van der Waals surface area contributed by atoms with Gasteiger partial charge in [0.1, 0.15) is 5.82 Å². The summed E-state index contributed by atoms with van der Waals surface area (Å²) in [5.74, 6) is -0.205. The number of halogens is 3. The summed E-state index contributed by atoms with van der Waals surface area (Å²) in [5.41, 5.74) is 2.22. The van der Waals surface area contributed by atoms with Crippen molar-refractivity contribution in [3.63, 3.8) is 0 Å². The summed E-state index contributed by atoms with van der Waals surface area (Å²) in [6.45, 7) is 3.03. The normalized spacial score (nSPS) is 12.4. The van der Waals surface area contributed by atoms with Gasteiger partial charge in [0.25, 0.3) is 0 Å². The Labute approximate surface area is 137 Å². The quantitative estimate of drug-likeness (QED) is 0.679. The summed E-state index contributed by atoms with van der Waals surface area (Å²) in [7, 11) is 0. The number of hydrogen-bond donors (Lipinski definition) is 1. The lowest BCUT2D eigenvalue weighted by molar-refractivity contribution is 0.590. The van der Waals surface area contributed by atoms with Crippen molar-refractivity contribution in [2.45, 2.75) is 19.4 Å². The number of benzene rings is 2. The molecule has 0 radical (unpaired) electrons. The van der Waals surface area contributed by atoms with E-state index in [4.69, 9.17) is 11.6 Å². The molecule has 0 bridgehead atoms. The van der Waals surface area contributed by atoms with E-state index in [1.54, 1.807) is 6.07 Å². The van der Waals surface area contributed by atoms with Gasteiger partial charge in [-0.3, -0.25) is 0 Å². The summed E-state index contributed by atoms with van der Waals surface area (Å²) in [4.78, 5) is 0. The second-order valence-electron chi connectivity index (χ2n) is 4.60. The van der Waals surface area contributed by atoms with Crippen LogP contribution in [0.4, 0.5) is 4.39 Å². The van der Waals surface area contributed by atoms with Crippen LogP contribution in [0.15, 0.2) is 42.5 Å². The van der Waals surface area contributed by atoms with E-state index < -0.39 is 0 Å². The molecule has 1 N–H and O–H groups in total. The Morgan fingerprint density at radius 2 is 1.90 bits per heavy atom. The first-order valence-corrected chi connectivity index (χ1v) is 8.01. The Balaban J connectivity index is 2.38. The highest BCUT2D eigenvalue weighted by molar-refractivity contribution is 14.1. The minimum atomic E-state index is -0.205. The smallest absolute Gasteiger partial charge is 0.124 e. The zero-order valence-electron chi connectivity index (χ0n) is 11.2. The van der Waals surface area contributed by atoms with Crippen LogP contribution in [0.25, 0.3) is 0 Å². The third-order valence-corrected chi connectivity index (χ3v) is 4.26. The second kappa shape index (κ2) is 7.38. The van der Waals surface area contributed by atoms with Gasteiger partial charge in [0, 0.05) is 8.59 Å². The molecule has 0 spiro atoms. The SMILES string of the molecule is CCCNC(c1ccc(Cl)cc1)c1ccc(F)cc1I. The van der Waals surface area contributed by atoms with Crippen LogP contribution < -0.4 is 5.32 Å². The lowest BCUT2D eigenvalue weighted by Crippen LogP contribution is -2.24. The van der Waals surface area contributed by atoms with E-state index >= 15 is 0 Å². The van der Waals surface area contributed by atoms with Crippen LogP contribution >= 0.6 is 34.2 Å². The van der Waals surface area contributed by atoms with Crippen molar-refractivity contribution >= 4 is 34.2 Å². The van der Waals surface area contributed by atoms with Gasteiger partial charge in [0.2, 0.25) is 0 Å². The first kappa shape index (κ1) is 15.7. The highest BCUT2D eigenvalue weighted by Gasteiger charge is 2.16. The first-order valence-electron chi connectivity index (χ1n) is 6.55. The monoisotopic (exact) mass is 403 g/mol. The molecular formula is C16H16ClFIN. The van der Waals surface area contributed by atoms with Crippen LogP contribution in [0.2, 0.25) is 5.02 Å². The molecule has 0 aliphatic rings. The summed E-state index contributed by atoms with van der Waals surface area (Å²) < 4.78 is 14.2. The first-order chi connectivity index (χ1) is 9.61. The predicted octanol–water partition coefficient (Wildman–Crippen LogP) is 5.17. The van der Waals surface area contributed by atoms with E-state index in [1.807, 2.05) is 30.3 Å². The summed E-state index contributed by atoms with van der Waals surface area (Å²) >= 11 is 8.13. The zero-order chi connectivity index (χ0) is 14.5. The van der Waals surface area contributed by atoms with Crippen molar-refractivity contribution in [1.29, 1.82) is 0 Å². The van der Waals surface area contributed by atoms with Crippen molar-refractivity contribution in [1.82, 2.24) is 5.32 Å². The topological polar surface area (TPSA) is 12.0 Å². The number of hydrogen-bond acceptors (Lipinski definition) is 1. The second-order valence-corrected chi connectivity index (χ2v) is 6.20. The van der Waals surface area contributed by atoms with Crippen molar-refractivity contribution < 1.29 is 4.39 Å². The molecule has 0 saturated carbocycles. The van der Waals surface area contributed by atoms with Crippen LogP contribution in [-0.2, 0) is 0 Å². The van der Waals surface area contributed by atoms with E-state index in [9.17, 15) is 4.39 Å². The standard InChI is InChI=1S/C16H16ClFIN/c1-2-9-20-16(11-3-5-12(17)6-4-11)14-8-7-13(18)10-15(14)19/h3-8,10,16,20H,2,9H2,1H3. The Hall–Kier alpha value is -0.650. The molecule has 1 atom stereocenters. The van der Waals surface area contributed by atoms with E-state index in [0.29, 0.717) is 0 Å². The molecule has 0 aromatic heterocycles. The molecular weight excluding hydrogens is 388 g/mol. The van der Waals surface area contributed by atoms with Gasteiger partial charge >= 0.3 is 0 Å². The highest BCUT2D eigenvalue weighted by atomic mass is 127. The van der Waals surface area contributed by atoms with Gasteiger partial charge in [0.15, 0.2) is 0 Å². The van der Waals surface area contributed by atoms with Gasteiger partial charge in [-0.1, -0.05) is 36.7 Å². The maximum atomic E-state index is 13.3. The van der Waals surface area contributed by atoms with Crippen LogP contribution in [0.1, 0.15) is 30.5 Å². The molecule has 1 unspecified atom stereocenters. The maximum Gasteiger partial charge on any atom is 0.124 e. The van der Waals surface area contributed by atoms with Gasteiger partial charge in [-0.25, -0.2) is 4.39 Å². The summed E-state index contributed by atoms with van der Waals surface area (Å²) in [5, 5.41) is 4.23. The molecule has 0 fully saturated rings. The minimum Gasteiger partial charge on any atom is -0.306 e. The van der Waals surface area contributed by atoms with Crippen LogP contribution in [0, 0.1) is 9.39 Å². The van der Waals surface area contributed by atoms with Gasteiger partial charge in [-0.15, -0.1) is 0 Å². The third kappa shape index (κ3) is 3.93. The summed E-state index contributed by atoms with van der Waals surface area (Å²) in [6.07, 6.45) is 1.04. The molecule has 2 aromatic carbocycles. The summed E-state index contributed by atoms with van der Waals surface area (Å²) in [6, 6.07) is 12.8. The molecule has 20 heavy (non-hydrogen) atoms. The predicted molar refractivity (Wildman–Crippen MR) is 90.7 cm³/mol. The fourth-order valence-corrected chi connectivity index (χ4v) is 3.00. The molecule has 1 nitrogen and oxygen atoms in total. The highest BCUT2D eigenvalue weighted by Crippen LogP contribution is 2.27. The number of nitrogens with one attached hydrogen (secondary N) is 1. The van der Waals surface area contributed by atoms with Crippen molar-refractivity contribution in [2.24, 2.45) is 0 Å². The Morgan fingerprint density at radius 3 is 2.50 bits per heavy atom. The minimum absolute atomic E-state index is 0.0553. The maximum absolute atomic E-state index is 13.3. The Bertz CT molecular complexity index is 571. The van der Waals surface area contributed by atoms with Crippen molar-refractivity contribution in [2.75, 3.05) is 6.54 Å². The molecule has 0 amide bonds. The molecule has 0 heterocycles. The largest absolute Gasteiger partial charge is 0.306 e. The molecule has 0 saturated heterocycles. The average Bonchev–Trinajstić information content (AvgIpc) is 2.42. The molecule has 2 rings (SSSR count). The molecule has 2 aromatic rings.